The third kappa shape index (κ3) is 2.77. The van der Waals surface area contributed by atoms with Crippen LogP contribution in [0.1, 0.15) is 16.8 Å². The van der Waals surface area contributed by atoms with Crippen LogP contribution in [0.25, 0.3) is 0 Å². The molecule has 0 unspecified atom stereocenters. The van der Waals surface area contributed by atoms with E-state index < -0.39 is 0 Å². The van der Waals surface area contributed by atoms with E-state index in [2.05, 4.69) is 17.9 Å². The molecular weight excluding hydrogens is 220 g/mol. The van der Waals surface area contributed by atoms with E-state index in [9.17, 15) is 4.79 Å². The van der Waals surface area contributed by atoms with E-state index in [1.807, 2.05) is 29.2 Å². The highest BCUT2D eigenvalue weighted by Gasteiger charge is 2.16. The summed E-state index contributed by atoms with van der Waals surface area (Å²) in [4.78, 5) is 14.9. The van der Waals surface area contributed by atoms with Crippen LogP contribution >= 0.6 is 12.6 Å². The Morgan fingerprint density at radius 1 is 1.19 bits per heavy atom. The molecule has 4 heteroatoms. The fraction of sp³-hybridized carbons (Fsp3) is 0.417. The van der Waals surface area contributed by atoms with E-state index in [-0.39, 0.29) is 5.91 Å². The molecule has 1 fully saturated rings. The first kappa shape index (κ1) is 11.5. The van der Waals surface area contributed by atoms with Gasteiger partial charge in [0, 0.05) is 30.1 Å². The standard InChI is InChI=1S/C12H16N2OS/c15-12(10-2-4-11(16)5-3-10)14-8-1-6-13-7-9-14/h2-5,13,16H,1,6-9H2. The summed E-state index contributed by atoms with van der Waals surface area (Å²) in [5.74, 6) is 0.122. The number of amides is 1. The lowest BCUT2D eigenvalue weighted by atomic mass is 10.2. The van der Waals surface area contributed by atoms with Gasteiger partial charge in [0.1, 0.15) is 0 Å². The number of rotatable bonds is 1. The van der Waals surface area contributed by atoms with E-state index in [1.54, 1.807) is 0 Å². The second-order valence-electron chi connectivity index (χ2n) is 3.94. The van der Waals surface area contributed by atoms with Gasteiger partial charge in [0.05, 0.1) is 0 Å². The molecule has 0 radical (unpaired) electrons. The zero-order chi connectivity index (χ0) is 11.4. The van der Waals surface area contributed by atoms with Gasteiger partial charge in [0.25, 0.3) is 5.91 Å². The van der Waals surface area contributed by atoms with Gasteiger partial charge < -0.3 is 10.2 Å². The van der Waals surface area contributed by atoms with Crippen LogP contribution in [0.4, 0.5) is 0 Å². The molecular formula is C12H16N2OS. The van der Waals surface area contributed by atoms with Crippen LogP contribution in [0, 0.1) is 0 Å². The minimum atomic E-state index is 0.122. The molecule has 16 heavy (non-hydrogen) atoms. The van der Waals surface area contributed by atoms with Gasteiger partial charge in [0.15, 0.2) is 0 Å². The van der Waals surface area contributed by atoms with Crippen molar-refractivity contribution in [2.45, 2.75) is 11.3 Å². The molecule has 0 bridgehead atoms. The Hall–Kier alpha value is -1.00. The van der Waals surface area contributed by atoms with Crippen molar-refractivity contribution in [3.05, 3.63) is 29.8 Å². The van der Waals surface area contributed by atoms with Gasteiger partial charge >= 0.3 is 0 Å². The number of nitrogens with zero attached hydrogens (tertiary/aromatic N) is 1. The molecule has 0 atom stereocenters. The molecule has 1 aromatic rings. The van der Waals surface area contributed by atoms with Gasteiger partial charge in [-0.15, -0.1) is 12.6 Å². The van der Waals surface area contributed by atoms with Gasteiger partial charge in [-0.2, -0.15) is 0 Å². The zero-order valence-electron chi connectivity index (χ0n) is 9.15. The first-order chi connectivity index (χ1) is 7.77. The molecule has 0 saturated carbocycles. The summed E-state index contributed by atoms with van der Waals surface area (Å²) >= 11 is 4.21. The number of nitrogens with one attached hydrogen (secondary N) is 1. The van der Waals surface area contributed by atoms with Gasteiger partial charge in [-0.25, -0.2) is 0 Å². The predicted octanol–water partition coefficient (Wildman–Crippen LogP) is 1.41. The van der Waals surface area contributed by atoms with Crippen LogP contribution in [-0.4, -0.2) is 37.0 Å². The average molecular weight is 236 g/mol. The van der Waals surface area contributed by atoms with E-state index in [0.717, 1.165) is 43.1 Å². The molecule has 1 saturated heterocycles. The van der Waals surface area contributed by atoms with E-state index in [4.69, 9.17) is 0 Å². The summed E-state index contributed by atoms with van der Waals surface area (Å²) in [5.41, 5.74) is 0.750. The summed E-state index contributed by atoms with van der Waals surface area (Å²) in [6.45, 7) is 3.52. The van der Waals surface area contributed by atoms with Crippen LogP contribution in [0.5, 0.6) is 0 Å². The summed E-state index contributed by atoms with van der Waals surface area (Å²) < 4.78 is 0. The summed E-state index contributed by atoms with van der Waals surface area (Å²) in [6, 6.07) is 7.38. The Bertz CT molecular complexity index is 356. The normalized spacial score (nSPS) is 16.9. The van der Waals surface area contributed by atoms with E-state index >= 15 is 0 Å². The summed E-state index contributed by atoms with van der Waals surface area (Å²) in [7, 11) is 0. The van der Waals surface area contributed by atoms with Crippen LogP contribution in [-0.2, 0) is 0 Å². The van der Waals surface area contributed by atoms with Crippen molar-refractivity contribution in [1.29, 1.82) is 0 Å². The largest absolute Gasteiger partial charge is 0.337 e. The molecule has 1 aliphatic rings. The van der Waals surface area contributed by atoms with Crippen LogP contribution in [0.2, 0.25) is 0 Å². The minimum Gasteiger partial charge on any atom is -0.337 e. The molecule has 1 heterocycles. The lowest BCUT2D eigenvalue weighted by Crippen LogP contribution is -2.34. The Morgan fingerprint density at radius 3 is 2.69 bits per heavy atom. The second kappa shape index (κ2) is 5.37. The first-order valence-electron chi connectivity index (χ1n) is 5.56. The third-order valence-corrected chi connectivity index (χ3v) is 3.04. The molecule has 0 aliphatic carbocycles. The van der Waals surface area contributed by atoms with Crippen molar-refractivity contribution < 1.29 is 4.79 Å². The van der Waals surface area contributed by atoms with Gasteiger partial charge in [-0.1, -0.05) is 0 Å². The van der Waals surface area contributed by atoms with E-state index in [1.165, 1.54) is 0 Å². The quantitative estimate of drug-likeness (QED) is 0.723. The Morgan fingerprint density at radius 2 is 1.94 bits per heavy atom. The minimum absolute atomic E-state index is 0.122. The number of hydrogen-bond acceptors (Lipinski definition) is 3. The number of hydrogen-bond donors (Lipinski definition) is 2. The molecule has 1 N–H and O–H groups in total. The molecule has 0 aromatic heterocycles. The van der Waals surface area contributed by atoms with Crippen molar-refractivity contribution >= 4 is 18.5 Å². The van der Waals surface area contributed by atoms with Crippen molar-refractivity contribution in [2.24, 2.45) is 0 Å². The maximum Gasteiger partial charge on any atom is 0.253 e. The highest BCUT2D eigenvalue weighted by atomic mass is 32.1. The number of carbonyl (C=O) groups is 1. The van der Waals surface area contributed by atoms with Crippen LogP contribution in [0.15, 0.2) is 29.2 Å². The fourth-order valence-corrected chi connectivity index (χ4v) is 1.98. The Balaban J connectivity index is 2.08. The van der Waals surface area contributed by atoms with Crippen molar-refractivity contribution in [2.75, 3.05) is 26.2 Å². The van der Waals surface area contributed by atoms with Gasteiger partial charge in [0.2, 0.25) is 0 Å². The van der Waals surface area contributed by atoms with Crippen molar-refractivity contribution in [1.82, 2.24) is 10.2 Å². The molecule has 1 amide bonds. The number of thiol groups is 1. The first-order valence-corrected chi connectivity index (χ1v) is 6.01. The van der Waals surface area contributed by atoms with Crippen LogP contribution < -0.4 is 5.32 Å². The third-order valence-electron chi connectivity index (χ3n) is 2.74. The average Bonchev–Trinajstić information content (AvgIpc) is 2.57. The lowest BCUT2D eigenvalue weighted by Gasteiger charge is -2.19. The van der Waals surface area contributed by atoms with Crippen molar-refractivity contribution in [3.63, 3.8) is 0 Å². The van der Waals surface area contributed by atoms with E-state index in [0.29, 0.717) is 0 Å². The number of benzene rings is 1. The molecule has 2 rings (SSSR count). The fourth-order valence-electron chi connectivity index (χ4n) is 1.84. The second-order valence-corrected chi connectivity index (χ2v) is 4.46. The SMILES string of the molecule is O=C(c1ccc(S)cc1)N1CCCNCC1. The highest BCUT2D eigenvalue weighted by molar-refractivity contribution is 7.80. The smallest absolute Gasteiger partial charge is 0.253 e. The lowest BCUT2D eigenvalue weighted by molar-refractivity contribution is 0.0766. The molecule has 3 nitrogen and oxygen atoms in total. The summed E-state index contributed by atoms with van der Waals surface area (Å²) in [6.07, 6.45) is 1.02. The topological polar surface area (TPSA) is 32.3 Å². The molecule has 86 valence electrons. The van der Waals surface area contributed by atoms with Gasteiger partial charge in [-0.3, -0.25) is 4.79 Å². The summed E-state index contributed by atoms with van der Waals surface area (Å²) in [5, 5.41) is 3.29. The van der Waals surface area contributed by atoms with Crippen molar-refractivity contribution in [3.8, 4) is 0 Å². The predicted molar refractivity (Wildman–Crippen MR) is 67.1 cm³/mol. The monoisotopic (exact) mass is 236 g/mol. The maximum atomic E-state index is 12.1. The zero-order valence-corrected chi connectivity index (χ0v) is 10.0. The number of carbonyl (C=O) groups excluding carboxylic acids is 1. The molecule has 1 aromatic carbocycles. The Kier molecular flexibility index (Phi) is 3.85. The van der Waals surface area contributed by atoms with Gasteiger partial charge in [-0.05, 0) is 37.2 Å². The highest BCUT2D eigenvalue weighted by Crippen LogP contribution is 2.11. The maximum absolute atomic E-state index is 12.1. The molecule has 0 spiro atoms. The molecule has 1 aliphatic heterocycles. The van der Waals surface area contributed by atoms with Crippen LogP contribution in [0.3, 0.4) is 0 Å². The Labute approximate surface area is 101 Å².